The second kappa shape index (κ2) is 4.22. The molecule has 1 amide bonds. The Morgan fingerprint density at radius 1 is 1.38 bits per heavy atom. The van der Waals surface area contributed by atoms with Gasteiger partial charge in [0.1, 0.15) is 11.7 Å². The van der Waals surface area contributed by atoms with Crippen LogP contribution in [0.3, 0.4) is 0 Å². The van der Waals surface area contributed by atoms with Crippen LogP contribution in [-0.4, -0.2) is 55.1 Å². The zero-order chi connectivity index (χ0) is 11.8. The molecule has 16 heavy (non-hydrogen) atoms. The number of carbonyl (C=O) groups excluding carboxylic acids is 1. The lowest BCUT2D eigenvalue weighted by atomic mass is 10.1. The second-order valence-electron chi connectivity index (χ2n) is 5.19. The fourth-order valence-electron chi connectivity index (χ4n) is 1.76. The van der Waals surface area contributed by atoms with Crippen molar-refractivity contribution in [2.24, 2.45) is 0 Å². The van der Waals surface area contributed by atoms with Gasteiger partial charge in [0.2, 0.25) is 0 Å². The highest BCUT2D eigenvalue weighted by Crippen LogP contribution is 2.23. The summed E-state index contributed by atoms with van der Waals surface area (Å²) in [4.78, 5) is 13.7. The average molecular weight is 229 g/mol. The van der Waals surface area contributed by atoms with Gasteiger partial charge in [-0.15, -0.1) is 0 Å². The van der Waals surface area contributed by atoms with Crippen molar-refractivity contribution in [1.82, 2.24) is 4.90 Å². The van der Waals surface area contributed by atoms with Gasteiger partial charge in [0, 0.05) is 6.54 Å². The van der Waals surface area contributed by atoms with Crippen molar-refractivity contribution in [1.29, 1.82) is 0 Å². The van der Waals surface area contributed by atoms with Crippen molar-refractivity contribution in [3.8, 4) is 0 Å². The van der Waals surface area contributed by atoms with E-state index in [9.17, 15) is 4.79 Å². The van der Waals surface area contributed by atoms with Gasteiger partial charge in [-0.05, 0) is 20.8 Å². The molecular formula is C11H19NO4. The molecule has 0 spiro atoms. The minimum atomic E-state index is -0.454. The fourth-order valence-corrected chi connectivity index (χ4v) is 1.76. The Morgan fingerprint density at radius 2 is 2.06 bits per heavy atom. The number of epoxide rings is 1. The van der Waals surface area contributed by atoms with Crippen LogP contribution in [0.15, 0.2) is 0 Å². The summed E-state index contributed by atoms with van der Waals surface area (Å²) in [6.07, 6.45) is -0.135. The maximum atomic E-state index is 11.9. The van der Waals surface area contributed by atoms with Gasteiger partial charge in [-0.25, -0.2) is 4.79 Å². The Hall–Kier alpha value is -0.810. The molecule has 2 rings (SSSR count). The Bertz CT molecular complexity index is 270. The number of amides is 1. The standard InChI is InChI=1S/C11H19NO4/c1-11(2,3)16-10(13)12-4-5-14-6-8(12)9-7-15-9/h8-9H,4-7H2,1-3H3/t8?,9-/m1/s1. The molecule has 0 N–H and O–H groups in total. The smallest absolute Gasteiger partial charge is 0.410 e. The van der Waals surface area contributed by atoms with Gasteiger partial charge in [0.25, 0.3) is 0 Å². The van der Waals surface area contributed by atoms with Crippen molar-refractivity contribution in [2.45, 2.75) is 38.5 Å². The first-order chi connectivity index (χ1) is 7.47. The van der Waals surface area contributed by atoms with Crippen LogP contribution in [0.25, 0.3) is 0 Å². The zero-order valence-electron chi connectivity index (χ0n) is 10.1. The number of ether oxygens (including phenoxy) is 3. The monoisotopic (exact) mass is 229 g/mol. The van der Waals surface area contributed by atoms with Crippen LogP contribution >= 0.6 is 0 Å². The van der Waals surface area contributed by atoms with Crippen LogP contribution in [-0.2, 0) is 14.2 Å². The number of carbonyl (C=O) groups is 1. The van der Waals surface area contributed by atoms with Crippen LogP contribution < -0.4 is 0 Å². The quantitative estimate of drug-likeness (QED) is 0.630. The van der Waals surface area contributed by atoms with Crippen LogP contribution in [0.1, 0.15) is 20.8 Å². The molecule has 2 fully saturated rings. The van der Waals surface area contributed by atoms with E-state index in [0.29, 0.717) is 26.4 Å². The van der Waals surface area contributed by atoms with Crippen LogP contribution in [0.5, 0.6) is 0 Å². The average Bonchev–Trinajstić information content (AvgIpc) is 2.98. The summed E-state index contributed by atoms with van der Waals surface area (Å²) >= 11 is 0. The van der Waals surface area contributed by atoms with Gasteiger partial charge in [0.15, 0.2) is 0 Å². The molecule has 92 valence electrons. The molecule has 0 aromatic carbocycles. The number of hydrogen-bond acceptors (Lipinski definition) is 4. The number of nitrogens with zero attached hydrogens (tertiary/aromatic N) is 1. The highest BCUT2D eigenvalue weighted by atomic mass is 16.6. The normalized spacial score (nSPS) is 30.1. The predicted octanol–water partition coefficient (Wildman–Crippen LogP) is 1.02. The molecule has 2 aliphatic rings. The first kappa shape index (κ1) is 11.7. The van der Waals surface area contributed by atoms with Crippen molar-refractivity contribution >= 4 is 6.09 Å². The summed E-state index contributed by atoms with van der Waals surface area (Å²) in [6, 6.07) is 0.0172. The molecule has 0 aliphatic carbocycles. The van der Waals surface area contributed by atoms with E-state index >= 15 is 0 Å². The third-order valence-electron chi connectivity index (χ3n) is 2.58. The maximum absolute atomic E-state index is 11.9. The first-order valence-corrected chi connectivity index (χ1v) is 5.66. The Balaban J connectivity index is 1.96. The molecule has 0 saturated carbocycles. The molecular weight excluding hydrogens is 210 g/mol. The Morgan fingerprint density at radius 3 is 2.62 bits per heavy atom. The number of rotatable bonds is 1. The Labute approximate surface area is 95.6 Å². The Kier molecular flexibility index (Phi) is 3.08. The van der Waals surface area contributed by atoms with Crippen molar-refractivity contribution in [3.63, 3.8) is 0 Å². The van der Waals surface area contributed by atoms with Gasteiger partial charge >= 0.3 is 6.09 Å². The SMILES string of the molecule is CC(C)(C)OC(=O)N1CCOCC1[C@H]1CO1. The summed E-state index contributed by atoms with van der Waals surface area (Å²) in [5.74, 6) is 0. The largest absolute Gasteiger partial charge is 0.444 e. The van der Waals surface area contributed by atoms with Gasteiger partial charge in [-0.3, -0.25) is 4.90 Å². The van der Waals surface area contributed by atoms with E-state index in [2.05, 4.69) is 0 Å². The maximum Gasteiger partial charge on any atom is 0.410 e. The zero-order valence-corrected chi connectivity index (χ0v) is 10.1. The highest BCUT2D eigenvalue weighted by molar-refractivity contribution is 5.68. The summed E-state index contributed by atoms with van der Waals surface area (Å²) in [5, 5.41) is 0. The van der Waals surface area contributed by atoms with E-state index in [1.807, 2.05) is 20.8 Å². The lowest BCUT2D eigenvalue weighted by Gasteiger charge is -2.35. The molecule has 0 radical (unpaired) electrons. The van der Waals surface area contributed by atoms with Crippen LogP contribution in [0, 0.1) is 0 Å². The second-order valence-corrected chi connectivity index (χ2v) is 5.19. The van der Waals surface area contributed by atoms with Crippen molar-refractivity contribution in [2.75, 3.05) is 26.4 Å². The molecule has 1 unspecified atom stereocenters. The summed E-state index contributed by atoms with van der Waals surface area (Å²) in [5.41, 5.74) is -0.454. The van der Waals surface area contributed by atoms with Gasteiger partial charge in [-0.1, -0.05) is 0 Å². The molecule has 2 atom stereocenters. The molecule has 0 bridgehead atoms. The number of hydrogen-bond donors (Lipinski definition) is 0. The van der Waals surface area contributed by atoms with Gasteiger partial charge in [0.05, 0.1) is 25.9 Å². The molecule has 2 saturated heterocycles. The first-order valence-electron chi connectivity index (χ1n) is 5.66. The number of morpholine rings is 1. The summed E-state index contributed by atoms with van der Waals surface area (Å²) in [6.45, 7) is 8.02. The summed E-state index contributed by atoms with van der Waals surface area (Å²) in [7, 11) is 0. The minimum absolute atomic E-state index is 0.0172. The van der Waals surface area contributed by atoms with E-state index in [1.54, 1.807) is 4.90 Å². The van der Waals surface area contributed by atoms with Gasteiger partial charge < -0.3 is 14.2 Å². The van der Waals surface area contributed by atoms with E-state index in [4.69, 9.17) is 14.2 Å². The minimum Gasteiger partial charge on any atom is -0.444 e. The molecule has 2 aliphatic heterocycles. The van der Waals surface area contributed by atoms with E-state index in [1.165, 1.54) is 0 Å². The van der Waals surface area contributed by atoms with E-state index in [0.717, 1.165) is 0 Å². The lowest BCUT2D eigenvalue weighted by molar-refractivity contribution is -0.0381. The molecule has 2 heterocycles. The van der Waals surface area contributed by atoms with E-state index in [-0.39, 0.29) is 18.2 Å². The lowest BCUT2D eigenvalue weighted by Crippen LogP contribution is -2.52. The van der Waals surface area contributed by atoms with Crippen LogP contribution in [0.2, 0.25) is 0 Å². The molecule has 0 aromatic rings. The molecule has 5 heteroatoms. The van der Waals surface area contributed by atoms with E-state index < -0.39 is 5.60 Å². The van der Waals surface area contributed by atoms with Crippen molar-refractivity contribution < 1.29 is 19.0 Å². The molecule has 0 aromatic heterocycles. The fraction of sp³-hybridized carbons (Fsp3) is 0.909. The summed E-state index contributed by atoms with van der Waals surface area (Å²) < 4.78 is 16.0. The highest BCUT2D eigenvalue weighted by Gasteiger charge is 2.42. The van der Waals surface area contributed by atoms with Crippen LogP contribution in [0.4, 0.5) is 4.79 Å². The molecule has 5 nitrogen and oxygen atoms in total. The van der Waals surface area contributed by atoms with Crippen molar-refractivity contribution in [3.05, 3.63) is 0 Å². The predicted molar refractivity (Wildman–Crippen MR) is 57.3 cm³/mol. The topological polar surface area (TPSA) is 51.3 Å². The van der Waals surface area contributed by atoms with Gasteiger partial charge in [-0.2, -0.15) is 0 Å². The third kappa shape index (κ3) is 2.86. The third-order valence-corrected chi connectivity index (χ3v) is 2.58.